The van der Waals surface area contributed by atoms with Crippen molar-refractivity contribution < 1.29 is 9.21 Å². The van der Waals surface area contributed by atoms with Crippen LogP contribution in [0.25, 0.3) is 0 Å². The molecule has 102 valence electrons. The van der Waals surface area contributed by atoms with Crippen LogP contribution in [0.1, 0.15) is 55.9 Å². The van der Waals surface area contributed by atoms with E-state index in [1.807, 2.05) is 6.07 Å². The zero-order valence-corrected chi connectivity index (χ0v) is 11.2. The van der Waals surface area contributed by atoms with E-state index < -0.39 is 0 Å². The number of nitrogens with one attached hydrogen (secondary N) is 1. The van der Waals surface area contributed by atoms with Crippen LogP contribution in [0.15, 0.2) is 16.7 Å². The van der Waals surface area contributed by atoms with Gasteiger partial charge in [0, 0.05) is 17.9 Å². The standard InChI is InChI=1S/C16H21NO2/c18-16(13-9-10-4-5-11(13)8-10)17-14-2-1-3-15-12(14)6-7-19-15/h6-7,10-11,13-14H,1-5,8-9H2,(H,17,18)/t10-,11-,13-,14+/m0/s1. The van der Waals surface area contributed by atoms with Gasteiger partial charge in [-0.05, 0) is 50.0 Å². The lowest BCUT2D eigenvalue weighted by atomic mass is 9.87. The molecule has 1 aromatic rings. The second kappa shape index (κ2) is 4.39. The Bertz CT molecular complexity index is 493. The van der Waals surface area contributed by atoms with Gasteiger partial charge in [0.25, 0.3) is 0 Å². The lowest BCUT2D eigenvalue weighted by Crippen LogP contribution is -2.37. The molecule has 19 heavy (non-hydrogen) atoms. The highest BCUT2D eigenvalue weighted by molar-refractivity contribution is 5.80. The summed E-state index contributed by atoms with van der Waals surface area (Å²) in [5.41, 5.74) is 1.21. The van der Waals surface area contributed by atoms with Gasteiger partial charge < -0.3 is 9.73 Å². The van der Waals surface area contributed by atoms with E-state index in [4.69, 9.17) is 4.42 Å². The minimum absolute atomic E-state index is 0.189. The lowest BCUT2D eigenvalue weighted by molar-refractivity contribution is -0.127. The third kappa shape index (κ3) is 1.90. The SMILES string of the molecule is O=C(N[C@@H]1CCCc2occc21)[C@H]1C[C@H]2CC[C@H]1C2. The van der Waals surface area contributed by atoms with E-state index in [1.54, 1.807) is 6.26 Å². The van der Waals surface area contributed by atoms with Crippen molar-refractivity contribution >= 4 is 5.91 Å². The third-order valence-electron chi connectivity index (χ3n) is 5.44. The van der Waals surface area contributed by atoms with Gasteiger partial charge in [-0.3, -0.25) is 4.79 Å². The van der Waals surface area contributed by atoms with Gasteiger partial charge in [0.15, 0.2) is 0 Å². The summed E-state index contributed by atoms with van der Waals surface area (Å²) in [4.78, 5) is 12.5. The molecule has 2 saturated carbocycles. The summed E-state index contributed by atoms with van der Waals surface area (Å²) in [7, 11) is 0. The third-order valence-corrected chi connectivity index (χ3v) is 5.44. The first-order valence-corrected chi connectivity index (χ1v) is 7.68. The highest BCUT2D eigenvalue weighted by atomic mass is 16.3. The van der Waals surface area contributed by atoms with Crippen molar-refractivity contribution in [2.24, 2.45) is 17.8 Å². The van der Waals surface area contributed by atoms with Crippen LogP contribution in [0.4, 0.5) is 0 Å². The van der Waals surface area contributed by atoms with Crippen LogP contribution in [-0.2, 0) is 11.2 Å². The topological polar surface area (TPSA) is 42.2 Å². The maximum Gasteiger partial charge on any atom is 0.223 e. The summed E-state index contributed by atoms with van der Waals surface area (Å²) in [5, 5.41) is 3.29. The maximum atomic E-state index is 12.5. The molecule has 3 aliphatic rings. The quantitative estimate of drug-likeness (QED) is 0.886. The van der Waals surface area contributed by atoms with Gasteiger partial charge >= 0.3 is 0 Å². The van der Waals surface area contributed by atoms with Crippen molar-refractivity contribution in [3.8, 4) is 0 Å². The number of aryl methyl sites for hydroxylation is 1. The fraction of sp³-hybridized carbons (Fsp3) is 0.688. The fourth-order valence-corrected chi connectivity index (χ4v) is 4.48. The van der Waals surface area contributed by atoms with Crippen LogP contribution in [0.3, 0.4) is 0 Å². The smallest absolute Gasteiger partial charge is 0.223 e. The monoisotopic (exact) mass is 259 g/mol. The van der Waals surface area contributed by atoms with E-state index >= 15 is 0 Å². The molecule has 0 aliphatic heterocycles. The van der Waals surface area contributed by atoms with Gasteiger partial charge in [-0.15, -0.1) is 0 Å². The highest BCUT2D eigenvalue weighted by Crippen LogP contribution is 2.48. The Balaban J connectivity index is 1.46. The van der Waals surface area contributed by atoms with Crippen molar-refractivity contribution in [3.63, 3.8) is 0 Å². The van der Waals surface area contributed by atoms with Crippen molar-refractivity contribution in [2.75, 3.05) is 0 Å². The number of hydrogen-bond donors (Lipinski definition) is 1. The summed E-state index contributed by atoms with van der Waals surface area (Å²) in [5.74, 6) is 3.15. The summed E-state index contributed by atoms with van der Waals surface area (Å²) in [6.45, 7) is 0. The van der Waals surface area contributed by atoms with Gasteiger partial charge in [0.2, 0.25) is 5.91 Å². The summed E-state index contributed by atoms with van der Waals surface area (Å²) >= 11 is 0. The van der Waals surface area contributed by atoms with Gasteiger partial charge in [-0.2, -0.15) is 0 Å². The minimum Gasteiger partial charge on any atom is -0.469 e. The number of amides is 1. The zero-order valence-electron chi connectivity index (χ0n) is 11.2. The van der Waals surface area contributed by atoms with Crippen LogP contribution in [0.2, 0.25) is 0 Å². The van der Waals surface area contributed by atoms with E-state index in [0.717, 1.165) is 37.4 Å². The Kier molecular flexibility index (Phi) is 2.68. The van der Waals surface area contributed by atoms with Crippen LogP contribution in [-0.4, -0.2) is 5.91 Å². The molecule has 1 amide bonds. The van der Waals surface area contributed by atoms with E-state index in [9.17, 15) is 4.79 Å². The van der Waals surface area contributed by atoms with Crippen molar-refractivity contribution in [1.29, 1.82) is 0 Å². The maximum absolute atomic E-state index is 12.5. The molecule has 3 heteroatoms. The molecule has 3 nitrogen and oxygen atoms in total. The molecule has 0 spiro atoms. The Morgan fingerprint density at radius 3 is 3.00 bits per heavy atom. The highest BCUT2D eigenvalue weighted by Gasteiger charge is 2.43. The van der Waals surface area contributed by atoms with E-state index in [0.29, 0.717) is 11.8 Å². The molecule has 2 fully saturated rings. The van der Waals surface area contributed by atoms with Crippen LogP contribution < -0.4 is 5.32 Å². The largest absolute Gasteiger partial charge is 0.469 e. The number of fused-ring (bicyclic) bond motifs is 3. The molecule has 2 bridgehead atoms. The van der Waals surface area contributed by atoms with Crippen LogP contribution in [0, 0.1) is 17.8 Å². The molecule has 1 N–H and O–H groups in total. The van der Waals surface area contributed by atoms with Gasteiger partial charge in [0.1, 0.15) is 5.76 Å². The van der Waals surface area contributed by atoms with E-state index in [2.05, 4.69) is 5.32 Å². The number of hydrogen-bond acceptors (Lipinski definition) is 2. The average molecular weight is 259 g/mol. The van der Waals surface area contributed by atoms with Crippen molar-refractivity contribution in [3.05, 3.63) is 23.7 Å². The Morgan fingerprint density at radius 2 is 2.21 bits per heavy atom. The molecular weight excluding hydrogens is 238 g/mol. The molecule has 0 aromatic carbocycles. The van der Waals surface area contributed by atoms with Gasteiger partial charge in [-0.25, -0.2) is 0 Å². The molecular formula is C16H21NO2. The first-order valence-electron chi connectivity index (χ1n) is 7.68. The molecule has 0 unspecified atom stereocenters. The second-order valence-electron chi connectivity index (χ2n) is 6.53. The van der Waals surface area contributed by atoms with Crippen LogP contribution >= 0.6 is 0 Å². The first-order chi connectivity index (χ1) is 9.31. The van der Waals surface area contributed by atoms with E-state index in [1.165, 1.54) is 24.8 Å². The number of carbonyl (C=O) groups excluding carboxylic acids is 1. The molecule has 1 aromatic heterocycles. The van der Waals surface area contributed by atoms with Crippen molar-refractivity contribution in [1.82, 2.24) is 5.32 Å². The summed E-state index contributed by atoms with van der Waals surface area (Å²) in [6, 6.07) is 2.22. The van der Waals surface area contributed by atoms with Gasteiger partial charge in [0.05, 0.1) is 12.3 Å². The second-order valence-corrected chi connectivity index (χ2v) is 6.53. The molecule has 4 rings (SSSR count). The molecule has 4 atom stereocenters. The minimum atomic E-state index is 0.189. The summed E-state index contributed by atoms with van der Waals surface area (Å²) < 4.78 is 5.49. The Morgan fingerprint density at radius 1 is 1.26 bits per heavy atom. The van der Waals surface area contributed by atoms with Crippen LogP contribution in [0.5, 0.6) is 0 Å². The number of furan rings is 1. The predicted octanol–water partition coefficient (Wildman–Crippen LogP) is 3.21. The summed E-state index contributed by atoms with van der Waals surface area (Å²) in [6.07, 6.45) is 9.98. The molecule has 1 heterocycles. The fourth-order valence-electron chi connectivity index (χ4n) is 4.48. The number of carbonyl (C=O) groups is 1. The zero-order chi connectivity index (χ0) is 12.8. The van der Waals surface area contributed by atoms with E-state index in [-0.39, 0.29) is 12.0 Å². The Labute approximate surface area is 113 Å². The predicted molar refractivity (Wildman–Crippen MR) is 71.5 cm³/mol. The van der Waals surface area contributed by atoms with Gasteiger partial charge in [-0.1, -0.05) is 6.42 Å². The molecule has 3 aliphatic carbocycles. The molecule has 0 saturated heterocycles. The number of rotatable bonds is 2. The van der Waals surface area contributed by atoms with Crippen molar-refractivity contribution in [2.45, 2.75) is 51.0 Å². The lowest BCUT2D eigenvalue weighted by Gasteiger charge is -2.27. The average Bonchev–Trinajstić information content (AvgIpc) is 3.14. The molecule has 0 radical (unpaired) electrons. The normalized spacial score (nSPS) is 36.2. The Hall–Kier alpha value is -1.25. The first kappa shape index (κ1) is 11.6.